The highest BCUT2D eigenvalue weighted by atomic mass is 16.6. The van der Waals surface area contributed by atoms with Crippen molar-refractivity contribution in [2.45, 2.75) is 32.2 Å². The number of anilines is 1. The molecule has 7 heteroatoms. The summed E-state index contributed by atoms with van der Waals surface area (Å²) in [6.07, 6.45) is 4.66. The average Bonchev–Trinajstić information content (AvgIpc) is 3.12. The number of piperidine rings is 1. The van der Waals surface area contributed by atoms with Crippen LogP contribution in [-0.4, -0.2) is 28.0 Å². The van der Waals surface area contributed by atoms with E-state index in [2.05, 4.69) is 17.9 Å². The number of non-ortho nitro benzene ring substituents is 1. The number of nitro benzene ring substituents is 1. The second kappa shape index (κ2) is 7.40. The Kier molecular flexibility index (Phi) is 4.77. The molecule has 1 aliphatic heterocycles. The molecule has 1 atom stereocenters. The number of para-hydroxylation sites is 1. The molecule has 1 aliphatic rings. The van der Waals surface area contributed by atoms with E-state index in [4.69, 9.17) is 0 Å². The summed E-state index contributed by atoms with van der Waals surface area (Å²) in [6, 6.07) is 14.0. The number of benzene rings is 2. The number of carbonyl (C=O) groups excluding carboxylic acids is 1. The van der Waals surface area contributed by atoms with Crippen molar-refractivity contribution >= 4 is 28.2 Å². The largest absolute Gasteiger partial charge is 0.368 e. The summed E-state index contributed by atoms with van der Waals surface area (Å²) < 4.78 is 1.42. The minimum absolute atomic E-state index is 0.126. The number of aromatic nitrogens is 1. The monoisotopic (exact) mass is 388 g/mol. The van der Waals surface area contributed by atoms with Gasteiger partial charge >= 0.3 is 0 Å². The van der Waals surface area contributed by atoms with Crippen LogP contribution in [0.5, 0.6) is 0 Å². The maximum absolute atomic E-state index is 13.5. The molecule has 146 valence electrons. The van der Waals surface area contributed by atoms with Gasteiger partial charge in [-0.3, -0.25) is 19.5 Å². The third-order valence-corrected chi connectivity index (χ3v) is 5.58. The zero-order valence-corrected chi connectivity index (χ0v) is 16.0. The fraction of sp³-hybridized carbons (Fsp3) is 0.273. The quantitative estimate of drug-likeness (QED) is 0.487. The smallest absolute Gasteiger partial charge is 0.270 e. The number of hydrogen-bond acceptors (Lipinski definition) is 5. The minimum Gasteiger partial charge on any atom is -0.368 e. The first kappa shape index (κ1) is 18.7. The van der Waals surface area contributed by atoms with E-state index in [9.17, 15) is 20.2 Å². The van der Waals surface area contributed by atoms with Gasteiger partial charge in [0.1, 0.15) is 6.07 Å². The summed E-state index contributed by atoms with van der Waals surface area (Å²) in [4.78, 5) is 26.6. The topological polar surface area (TPSA) is 92.2 Å². The lowest BCUT2D eigenvalue weighted by molar-refractivity contribution is -0.384. The maximum Gasteiger partial charge on any atom is 0.270 e. The highest BCUT2D eigenvalue weighted by Gasteiger charge is 2.27. The lowest BCUT2D eigenvalue weighted by Gasteiger charge is -2.36. The van der Waals surface area contributed by atoms with Crippen molar-refractivity contribution in [1.29, 1.82) is 5.26 Å². The van der Waals surface area contributed by atoms with Crippen LogP contribution in [0.1, 0.15) is 42.1 Å². The second-order valence-electron chi connectivity index (χ2n) is 7.34. The summed E-state index contributed by atoms with van der Waals surface area (Å²) in [5, 5.41) is 21.5. The molecule has 3 aromatic rings. The van der Waals surface area contributed by atoms with Gasteiger partial charge in [-0.15, -0.1) is 0 Å². The molecule has 0 N–H and O–H groups in total. The summed E-state index contributed by atoms with van der Waals surface area (Å²) >= 11 is 0. The first-order chi connectivity index (χ1) is 14.0. The van der Waals surface area contributed by atoms with Gasteiger partial charge in [0.2, 0.25) is 0 Å². The van der Waals surface area contributed by atoms with Gasteiger partial charge in [0.15, 0.2) is 0 Å². The Morgan fingerprint density at radius 2 is 2.03 bits per heavy atom. The normalized spacial score (nSPS) is 16.6. The number of rotatable bonds is 3. The predicted molar refractivity (Wildman–Crippen MR) is 110 cm³/mol. The molecule has 0 bridgehead atoms. The number of nitriles is 1. The Labute approximate surface area is 167 Å². The Morgan fingerprint density at radius 3 is 2.76 bits per heavy atom. The summed E-state index contributed by atoms with van der Waals surface area (Å²) in [6.45, 7) is 2.91. The van der Waals surface area contributed by atoms with Crippen molar-refractivity contribution in [2.75, 3.05) is 11.4 Å². The number of carbonyl (C=O) groups is 1. The third kappa shape index (κ3) is 3.23. The number of nitro groups is 1. The van der Waals surface area contributed by atoms with E-state index in [0.717, 1.165) is 25.8 Å². The molecule has 1 saturated heterocycles. The number of hydrogen-bond donors (Lipinski definition) is 0. The Balaban J connectivity index is 1.89. The second-order valence-corrected chi connectivity index (χ2v) is 7.34. The standard InChI is InChI=1S/C22H20N4O3/c1-15-6-4-5-11-24(15)21-10-9-17(26(28)29)12-19(21)22(27)25-14-16(13-23)18-7-2-3-8-20(18)25/h2-3,7-10,12,14-15H,4-6,11H2,1H3/t15-/m0/s1. The molecule has 7 nitrogen and oxygen atoms in total. The van der Waals surface area contributed by atoms with Crippen LogP contribution in [0.25, 0.3) is 10.9 Å². The van der Waals surface area contributed by atoms with Gasteiger partial charge in [-0.05, 0) is 38.3 Å². The Bertz CT molecular complexity index is 1160. The van der Waals surface area contributed by atoms with Crippen molar-refractivity contribution in [3.8, 4) is 6.07 Å². The highest BCUT2D eigenvalue weighted by Crippen LogP contribution is 2.32. The third-order valence-electron chi connectivity index (χ3n) is 5.58. The van der Waals surface area contributed by atoms with Gasteiger partial charge in [0.05, 0.1) is 27.3 Å². The molecule has 0 radical (unpaired) electrons. The van der Waals surface area contributed by atoms with Crippen LogP contribution in [-0.2, 0) is 0 Å². The van der Waals surface area contributed by atoms with Crippen LogP contribution < -0.4 is 4.90 Å². The lowest BCUT2D eigenvalue weighted by Crippen LogP contribution is -2.38. The van der Waals surface area contributed by atoms with E-state index in [-0.39, 0.29) is 23.2 Å². The Hall–Kier alpha value is -3.66. The van der Waals surface area contributed by atoms with Crippen LogP contribution in [0.4, 0.5) is 11.4 Å². The van der Waals surface area contributed by atoms with Crippen molar-refractivity contribution in [3.05, 3.63) is 69.9 Å². The van der Waals surface area contributed by atoms with E-state index < -0.39 is 4.92 Å². The van der Waals surface area contributed by atoms with Crippen LogP contribution in [0.15, 0.2) is 48.7 Å². The van der Waals surface area contributed by atoms with Crippen LogP contribution >= 0.6 is 0 Å². The molecule has 0 aliphatic carbocycles. The van der Waals surface area contributed by atoms with E-state index in [1.165, 1.54) is 22.9 Å². The van der Waals surface area contributed by atoms with E-state index >= 15 is 0 Å². The molecule has 0 spiro atoms. The highest BCUT2D eigenvalue weighted by molar-refractivity contribution is 6.07. The van der Waals surface area contributed by atoms with Crippen molar-refractivity contribution < 1.29 is 9.72 Å². The zero-order valence-electron chi connectivity index (χ0n) is 16.0. The molecule has 0 saturated carbocycles. The summed E-state index contributed by atoms with van der Waals surface area (Å²) in [7, 11) is 0. The molecule has 1 aromatic heterocycles. The van der Waals surface area contributed by atoms with E-state index in [1.807, 2.05) is 6.07 Å². The van der Waals surface area contributed by atoms with E-state index in [0.29, 0.717) is 22.2 Å². The van der Waals surface area contributed by atoms with Crippen molar-refractivity contribution in [1.82, 2.24) is 4.57 Å². The van der Waals surface area contributed by atoms with Gasteiger partial charge in [0.25, 0.3) is 11.6 Å². The van der Waals surface area contributed by atoms with Gasteiger partial charge in [-0.2, -0.15) is 5.26 Å². The first-order valence-electron chi connectivity index (χ1n) is 9.61. The van der Waals surface area contributed by atoms with Gasteiger partial charge in [0, 0.05) is 36.3 Å². The SMILES string of the molecule is C[C@H]1CCCCN1c1ccc([N+](=O)[O-])cc1C(=O)n1cc(C#N)c2ccccc21. The lowest BCUT2D eigenvalue weighted by atomic mass is 10.0. The van der Waals surface area contributed by atoms with Crippen molar-refractivity contribution in [3.63, 3.8) is 0 Å². The molecular formula is C22H20N4O3. The fourth-order valence-corrected chi connectivity index (χ4v) is 4.08. The number of fused-ring (bicyclic) bond motifs is 1. The summed E-state index contributed by atoms with van der Waals surface area (Å²) in [5.41, 5.74) is 1.85. The van der Waals surface area contributed by atoms with Gasteiger partial charge in [-0.1, -0.05) is 18.2 Å². The number of nitrogens with zero attached hydrogens (tertiary/aromatic N) is 4. The fourth-order valence-electron chi connectivity index (χ4n) is 4.08. The zero-order chi connectivity index (χ0) is 20.5. The van der Waals surface area contributed by atoms with E-state index in [1.54, 1.807) is 24.3 Å². The van der Waals surface area contributed by atoms with Gasteiger partial charge < -0.3 is 4.90 Å². The molecule has 0 amide bonds. The molecule has 2 aromatic carbocycles. The molecule has 1 fully saturated rings. The predicted octanol–water partition coefficient (Wildman–Crippen LogP) is 4.49. The molecule has 4 rings (SSSR count). The minimum atomic E-state index is -0.491. The maximum atomic E-state index is 13.5. The average molecular weight is 388 g/mol. The van der Waals surface area contributed by atoms with Crippen LogP contribution in [0, 0.1) is 21.4 Å². The molecule has 2 heterocycles. The van der Waals surface area contributed by atoms with Crippen LogP contribution in [0.2, 0.25) is 0 Å². The summed E-state index contributed by atoms with van der Waals surface area (Å²) in [5.74, 6) is -0.376. The first-order valence-corrected chi connectivity index (χ1v) is 9.61. The van der Waals surface area contributed by atoms with Gasteiger partial charge in [-0.25, -0.2) is 0 Å². The molecule has 29 heavy (non-hydrogen) atoms. The molecule has 0 unspecified atom stereocenters. The molecular weight excluding hydrogens is 368 g/mol. The Morgan fingerprint density at radius 1 is 1.24 bits per heavy atom. The van der Waals surface area contributed by atoms with Crippen LogP contribution in [0.3, 0.4) is 0 Å². The van der Waals surface area contributed by atoms with Crippen molar-refractivity contribution in [2.24, 2.45) is 0 Å².